The fourth-order valence-electron chi connectivity index (χ4n) is 1.05. The minimum absolute atomic E-state index is 0.0400. The molecule has 0 fully saturated rings. The number of pyridine rings is 1. The van der Waals surface area contributed by atoms with Crippen molar-refractivity contribution >= 4 is 33.1 Å². The molecule has 0 amide bonds. The van der Waals surface area contributed by atoms with Crippen molar-refractivity contribution < 1.29 is 4.39 Å². The molecular formula is C8H5BrFN5S. The number of rotatable bonds is 2. The van der Waals surface area contributed by atoms with Gasteiger partial charge in [-0.2, -0.15) is 4.68 Å². The standard InChI is InChI=1S/C8H5BrFN5S/c9-4-1-5(10)8(12-2-4)15-3-13-7(14-15)6(11)16/h1-3H,(H2,11,16). The van der Waals surface area contributed by atoms with Crippen molar-refractivity contribution in [2.24, 2.45) is 5.73 Å². The van der Waals surface area contributed by atoms with Crippen molar-refractivity contribution in [2.45, 2.75) is 0 Å². The normalized spacial score (nSPS) is 10.4. The fourth-order valence-corrected chi connectivity index (χ4v) is 1.45. The molecule has 0 radical (unpaired) electrons. The molecule has 8 heteroatoms. The highest BCUT2D eigenvalue weighted by atomic mass is 79.9. The predicted octanol–water partition coefficient (Wildman–Crippen LogP) is 1.20. The van der Waals surface area contributed by atoms with E-state index >= 15 is 0 Å². The Labute approximate surface area is 104 Å². The summed E-state index contributed by atoms with van der Waals surface area (Å²) in [6, 6.07) is 1.28. The second kappa shape index (κ2) is 4.22. The summed E-state index contributed by atoms with van der Waals surface area (Å²) >= 11 is 7.81. The number of thiocarbonyl (C=S) groups is 1. The van der Waals surface area contributed by atoms with E-state index in [0.29, 0.717) is 4.47 Å². The first-order valence-electron chi connectivity index (χ1n) is 4.11. The average molecular weight is 302 g/mol. The Kier molecular flexibility index (Phi) is 2.92. The van der Waals surface area contributed by atoms with Crippen molar-refractivity contribution in [1.29, 1.82) is 0 Å². The number of nitrogens with two attached hydrogens (primary N) is 1. The van der Waals surface area contributed by atoms with Gasteiger partial charge in [0.15, 0.2) is 11.6 Å². The van der Waals surface area contributed by atoms with Crippen molar-refractivity contribution in [3.63, 3.8) is 0 Å². The summed E-state index contributed by atoms with van der Waals surface area (Å²) in [4.78, 5) is 7.75. The Hall–Kier alpha value is -1.41. The molecular weight excluding hydrogens is 297 g/mol. The molecule has 2 rings (SSSR count). The van der Waals surface area contributed by atoms with E-state index in [1.165, 1.54) is 23.3 Å². The molecule has 2 heterocycles. The molecule has 0 aliphatic rings. The van der Waals surface area contributed by atoms with Crippen LogP contribution in [0.2, 0.25) is 0 Å². The third-order valence-electron chi connectivity index (χ3n) is 1.72. The zero-order valence-electron chi connectivity index (χ0n) is 7.76. The van der Waals surface area contributed by atoms with Gasteiger partial charge in [0.05, 0.1) is 0 Å². The Morgan fingerprint density at radius 1 is 1.50 bits per heavy atom. The maximum Gasteiger partial charge on any atom is 0.208 e. The van der Waals surface area contributed by atoms with E-state index in [4.69, 9.17) is 18.0 Å². The van der Waals surface area contributed by atoms with Crippen LogP contribution in [0.5, 0.6) is 0 Å². The number of hydrogen-bond acceptors (Lipinski definition) is 4. The molecule has 2 N–H and O–H groups in total. The summed E-state index contributed by atoms with van der Waals surface area (Å²) in [6.07, 6.45) is 2.76. The first-order valence-corrected chi connectivity index (χ1v) is 5.31. The first-order chi connectivity index (χ1) is 7.58. The van der Waals surface area contributed by atoms with Crippen LogP contribution >= 0.6 is 28.1 Å². The van der Waals surface area contributed by atoms with Gasteiger partial charge in [0.25, 0.3) is 0 Å². The van der Waals surface area contributed by atoms with Crippen molar-refractivity contribution in [3.05, 3.63) is 34.7 Å². The van der Waals surface area contributed by atoms with Gasteiger partial charge in [0.2, 0.25) is 5.82 Å². The molecule has 0 saturated heterocycles. The van der Waals surface area contributed by atoms with Crippen LogP contribution in [0.15, 0.2) is 23.1 Å². The summed E-state index contributed by atoms with van der Waals surface area (Å²) in [5.74, 6) is -0.300. The molecule has 2 aromatic rings. The van der Waals surface area contributed by atoms with Crippen LogP contribution in [0.4, 0.5) is 4.39 Å². The van der Waals surface area contributed by atoms with Crippen LogP contribution in [-0.2, 0) is 0 Å². The fraction of sp³-hybridized carbons (Fsp3) is 0. The molecule has 0 spiro atoms. The Bertz CT molecular complexity index is 555. The lowest BCUT2D eigenvalue weighted by Crippen LogP contribution is -2.12. The largest absolute Gasteiger partial charge is 0.387 e. The van der Waals surface area contributed by atoms with Crippen molar-refractivity contribution in [2.75, 3.05) is 0 Å². The van der Waals surface area contributed by atoms with Gasteiger partial charge in [-0.15, -0.1) is 5.10 Å². The lowest BCUT2D eigenvalue weighted by atomic mass is 10.4. The topological polar surface area (TPSA) is 69.6 Å². The molecule has 0 bridgehead atoms. The minimum Gasteiger partial charge on any atom is -0.387 e. The molecule has 82 valence electrons. The highest BCUT2D eigenvalue weighted by Crippen LogP contribution is 2.14. The van der Waals surface area contributed by atoms with Gasteiger partial charge in [-0.25, -0.2) is 14.4 Å². The van der Waals surface area contributed by atoms with Crippen molar-refractivity contribution in [3.8, 4) is 5.82 Å². The van der Waals surface area contributed by atoms with Gasteiger partial charge in [-0.3, -0.25) is 0 Å². The molecule has 0 unspecified atom stereocenters. The van der Waals surface area contributed by atoms with Gasteiger partial charge in [-0.1, -0.05) is 12.2 Å². The zero-order valence-corrected chi connectivity index (χ0v) is 10.2. The Balaban J connectivity index is 2.46. The molecule has 0 aliphatic carbocycles. The van der Waals surface area contributed by atoms with E-state index in [9.17, 15) is 4.39 Å². The highest BCUT2D eigenvalue weighted by molar-refractivity contribution is 9.10. The van der Waals surface area contributed by atoms with E-state index < -0.39 is 5.82 Å². The summed E-state index contributed by atoms with van der Waals surface area (Å²) in [7, 11) is 0. The monoisotopic (exact) mass is 301 g/mol. The Morgan fingerprint density at radius 3 is 2.81 bits per heavy atom. The van der Waals surface area contributed by atoms with Crippen LogP contribution in [0.25, 0.3) is 5.82 Å². The van der Waals surface area contributed by atoms with E-state index in [-0.39, 0.29) is 16.6 Å². The van der Waals surface area contributed by atoms with E-state index in [1.54, 1.807) is 0 Å². The van der Waals surface area contributed by atoms with Crippen LogP contribution in [0, 0.1) is 5.82 Å². The summed E-state index contributed by atoms with van der Waals surface area (Å²) in [6.45, 7) is 0. The van der Waals surface area contributed by atoms with E-state index in [0.717, 1.165) is 0 Å². The quantitative estimate of drug-likeness (QED) is 0.844. The van der Waals surface area contributed by atoms with Crippen molar-refractivity contribution in [1.82, 2.24) is 19.7 Å². The third-order valence-corrected chi connectivity index (χ3v) is 2.33. The average Bonchev–Trinajstić information content (AvgIpc) is 2.66. The van der Waals surface area contributed by atoms with Crippen LogP contribution < -0.4 is 5.73 Å². The van der Waals surface area contributed by atoms with Gasteiger partial charge in [0.1, 0.15) is 11.3 Å². The van der Waals surface area contributed by atoms with Crippen LogP contribution in [0.3, 0.4) is 0 Å². The van der Waals surface area contributed by atoms with E-state index in [2.05, 4.69) is 31.0 Å². The molecule has 0 aliphatic heterocycles. The number of hydrogen-bond donors (Lipinski definition) is 1. The summed E-state index contributed by atoms with van der Waals surface area (Å²) in [5, 5.41) is 3.89. The lowest BCUT2D eigenvalue weighted by Gasteiger charge is -2.00. The van der Waals surface area contributed by atoms with Crippen LogP contribution in [0.1, 0.15) is 5.82 Å². The zero-order chi connectivity index (χ0) is 11.7. The minimum atomic E-state index is -0.520. The third kappa shape index (κ3) is 2.07. The Morgan fingerprint density at radius 2 is 2.25 bits per heavy atom. The molecule has 16 heavy (non-hydrogen) atoms. The van der Waals surface area contributed by atoms with E-state index in [1.807, 2.05) is 0 Å². The highest BCUT2D eigenvalue weighted by Gasteiger charge is 2.10. The molecule has 0 saturated carbocycles. The summed E-state index contributed by atoms with van der Waals surface area (Å²) in [5.41, 5.74) is 5.34. The number of nitrogens with zero attached hydrogens (tertiary/aromatic N) is 4. The maximum absolute atomic E-state index is 13.5. The van der Waals surface area contributed by atoms with Gasteiger partial charge in [-0.05, 0) is 22.0 Å². The molecule has 5 nitrogen and oxygen atoms in total. The SMILES string of the molecule is NC(=S)c1ncn(-c2ncc(Br)cc2F)n1. The molecule has 0 aromatic carbocycles. The second-order valence-electron chi connectivity index (χ2n) is 2.84. The van der Waals surface area contributed by atoms with Gasteiger partial charge >= 0.3 is 0 Å². The second-order valence-corrected chi connectivity index (χ2v) is 4.19. The number of aromatic nitrogens is 4. The number of halogens is 2. The van der Waals surface area contributed by atoms with Gasteiger partial charge in [0, 0.05) is 10.7 Å². The smallest absolute Gasteiger partial charge is 0.208 e. The first kappa shape index (κ1) is 11.1. The predicted molar refractivity (Wildman–Crippen MR) is 62.7 cm³/mol. The molecule has 2 aromatic heterocycles. The summed E-state index contributed by atoms with van der Waals surface area (Å²) < 4.78 is 15.2. The molecule has 0 atom stereocenters. The maximum atomic E-state index is 13.5. The van der Waals surface area contributed by atoms with Gasteiger partial charge < -0.3 is 5.73 Å². The lowest BCUT2D eigenvalue weighted by molar-refractivity contribution is 0.599. The van der Waals surface area contributed by atoms with Crippen LogP contribution in [-0.4, -0.2) is 24.7 Å².